The summed E-state index contributed by atoms with van der Waals surface area (Å²) in [6.07, 6.45) is 1.22. The van der Waals surface area contributed by atoms with Crippen molar-refractivity contribution in [2.45, 2.75) is 19.8 Å². The van der Waals surface area contributed by atoms with Gasteiger partial charge in [0.1, 0.15) is 0 Å². The highest BCUT2D eigenvalue weighted by Gasteiger charge is 2.34. The second kappa shape index (κ2) is 6.48. The van der Waals surface area contributed by atoms with Gasteiger partial charge in [-0.05, 0) is 26.9 Å². The van der Waals surface area contributed by atoms with Gasteiger partial charge in [-0.3, -0.25) is 9.59 Å². The SMILES string of the molecule is CCOC(=O)C1CC(=O)N(CCCNC)C1. The number of ether oxygens (including phenoxy) is 1. The minimum Gasteiger partial charge on any atom is -0.466 e. The molecule has 0 bridgehead atoms. The van der Waals surface area contributed by atoms with Gasteiger partial charge in [-0.1, -0.05) is 0 Å². The van der Waals surface area contributed by atoms with Crippen molar-refractivity contribution in [1.29, 1.82) is 0 Å². The van der Waals surface area contributed by atoms with Crippen molar-refractivity contribution in [3.63, 3.8) is 0 Å². The van der Waals surface area contributed by atoms with Crippen LogP contribution in [-0.2, 0) is 14.3 Å². The molecule has 16 heavy (non-hydrogen) atoms. The molecule has 0 aromatic heterocycles. The Morgan fingerprint density at radius 3 is 3.00 bits per heavy atom. The number of nitrogens with zero attached hydrogens (tertiary/aromatic N) is 1. The minimum absolute atomic E-state index is 0.0640. The van der Waals surface area contributed by atoms with Gasteiger partial charge in [0.2, 0.25) is 5.91 Å². The molecule has 1 aliphatic heterocycles. The molecule has 0 aromatic rings. The van der Waals surface area contributed by atoms with Crippen LogP contribution in [0.15, 0.2) is 0 Å². The van der Waals surface area contributed by atoms with Crippen LogP contribution in [0.2, 0.25) is 0 Å². The van der Waals surface area contributed by atoms with Crippen LogP contribution < -0.4 is 5.32 Å². The third kappa shape index (κ3) is 3.48. The summed E-state index contributed by atoms with van der Waals surface area (Å²) in [5.41, 5.74) is 0. The Balaban J connectivity index is 2.35. The summed E-state index contributed by atoms with van der Waals surface area (Å²) in [7, 11) is 1.88. The molecule has 1 fully saturated rings. The third-order valence-corrected chi connectivity index (χ3v) is 2.69. The van der Waals surface area contributed by atoms with Crippen molar-refractivity contribution in [1.82, 2.24) is 10.2 Å². The van der Waals surface area contributed by atoms with Crippen LogP contribution in [0.1, 0.15) is 19.8 Å². The quantitative estimate of drug-likeness (QED) is 0.514. The van der Waals surface area contributed by atoms with Crippen molar-refractivity contribution in [2.24, 2.45) is 5.92 Å². The molecule has 1 saturated heterocycles. The molecule has 0 aliphatic carbocycles. The first-order valence-corrected chi connectivity index (χ1v) is 5.78. The zero-order valence-corrected chi connectivity index (χ0v) is 9.99. The summed E-state index contributed by atoms with van der Waals surface area (Å²) in [4.78, 5) is 24.8. The summed E-state index contributed by atoms with van der Waals surface area (Å²) >= 11 is 0. The van der Waals surface area contributed by atoms with Crippen molar-refractivity contribution >= 4 is 11.9 Å². The van der Waals surface area contributed by atoms with Crippen molar-refractivity contribution in [2.75, 3.05) is 33.3 Å². The third-order valence-electron chi connectivity index (χ3n) is 2.69. The molecule has 1 amide bonds. The first-order valence-electron chi connectivity index (χ1n) is 5.78. The second-order valence-electron chi connectivity index (χ2n) is 3.95. The molecule has 5 nitrogen and oxygen atoms in total. The van der Waals surface area contributed by atoms with Gasteiger partial charge >= 0.3 is 5.97 Å². The number of carbonyl (C=O) groups is 2. The number of hydrogen-bond donors (Lipinski definition) is 1. The molecule has 1 N–H and O–H groups in total. The predicted molar refractivity (Wildman–Crippen MR) is 59.9 cm³/mol. The summed E-state index contributed by atoms with van der Waals surface area (Å²) in [6, 6.07) is 0. The fourth-order valence-corrected chi connectivity index (χ4v) is 1.85. The summed E-state index contributed by atoms with van der Waals surface area (Å²) in [5, 5.41) is 3.03. The monoisotopic (exact) mass is 228 g/mol. The number of carbonyl (C=O) groups excluding carboxylic acids is 2. The Morgan fingerprint density at radius 1 is 1.62 bits per heavy atom. The first kappa shape index (κ1) is 13.0. The second-order valence-corrected chi connectivity index (χ2v) is 3.95. The number of rotatable bonds is 6. The van der Waals surface area contributed by atoms with Gasteiger partial charge < -0.3 is 15.0 Å². The lowest BCUT2D eigenvalue weighted by atomic mass is 10.1. The van der Waals surface area contributed by atoms with Gasteiger partial charge in [0.25, 0.3) is 0 Å². The average molecular weight is 228 g/mol. The Morgan fingerprint density at radius 2 is 2.38 bits per heavy atom. The maximum atomic E-state index is 11.6. The summed E-state index contributed by atoms with van der Waals surface area (Å²) < 4.78 is 4.92. The van der Waals surface area contributed by atoms with Gasteiger partial charge in [0.05, 0.1) is 12.5 Å². The van der Waals surface area contributed by atoms with Crippen molar-refractivity contribution in [3.05, 3.63) is 0 Å². The molecular formula is C11H20N2O3. The highest BCUT2D eigenvalue weighted by molar-refractivity contribution is 5.86. The molecular weight excluding hydrogens is 208 g/mol. The summed E-state index contributed by atoms with van der Waals surface area (Å²) in [5.74, 6) is -0.442. The number of esters is 1. The lowest BCUT2D eigenvalue weighted by molar-refractivity contribution is -0.147. The van der Waals surface area contributed by atoms with Crippen LogP contribution in [0.3, 0.4) is 0 Å². The van der Waals surface area contributed by atoms with E-state index in [1.165, 1.54) is 0 Å². The molecule has 0 saturated carbocycles. The van der Waals surface area contributed by atoms with E-state index in [1.807, 2.05) is 7.05 Å². The summed E-state index contributed by atoms with van der Waals surface area (Å²) in [6.45, 7) is 4.27. The van der Waals surface area contributed by atoms with Gasteiger partial charge in [-0.15, -0.1) is 0 Å². The Bertz CT molecular complexity index is 256. The van der Waals surface area contributed by atoms with Crippen LogP contribution in [0.4, 0.5) is 0 Å². The number of amides is 1. The Labute approximate surface area is 96.1 Å². The van der Waals surface area contributed by atoms with Gasteiger partial charge in [0, 0.05) is 19.5 Å². The zero-order valence-electron chi connectivity index (χ0n) is 9.99. The Kier molecular flexibility index (Phi) is 5.25. The lowest BCUT2D eigenvalue weighted by Crippen LogP contribution is -2.29. The standard InChI is InChI=1S/C11H20N2O3/c1-3-16-11(15)9-7-10(14)13(8-9)6-4-5-12-2/h9,12H,3-8H2,1-2H3. The van der Waals surface area contributed by atoms with E-state index in [4.69, 9.17) is 4.74 Å². The molecule has 0 radical (unpaired) electrons. The maximum absolute atomic E-state index is 11.6. The van der Waals surface area contributed by atoms with E-state index in [1.54, 1.807) is 11.8 Å². The zero-order chi connectivity index (χ0) is 12.0. The van der Waals surface area contributed by atoms with Crippen molar-refractivity contribution in [3.8, 4) is 0 Å². The lowest BCUT2D eigenvalue weighted by Gasteiger charge is -2.15. The largest absolute Gasteiger partial charge is 0.466 e. The molecule has 0 spiro atoms. The van der Waals surface area contributed by atoms with E-state index in [-0.39, 0.29) is 17.8 Å². The molecule has 0 aromatic carbocycles. The van der Waals surface area contributed by atoms with E-state index in [9.17, 15) is 9.59 Å². The van der Waals surface area contributed by atoms with Crippen LogP contribution in [0.25, 0.3) is 0 Å². The van der Waals surface area contributed by atoms with Gasteiger partial charge in [-0.2, -0.15) is 0 Å². The van der Waals surface area contributed by atoms with Crippen LogP contribution in [0, 0.1) is 5.92 Å². The number of likely N-dealkylation sites (tertiary alicyclic amines) is 1. The molecule has 1 atom stereocenters. The fourth-order valence-electron chi connectivity index (χ4n) is 1.85. The molecule has 5 heteroatoms. The normalized spacial score (nSPS) is 20.2. The minimum atomic E-state index is -0.262. The number of nitrogens with one attached hydrogen (secondary N) is 1. The van der Waals surface area contributed by atoms with E-state index >= 15 is 0 Å². The smallest absolute Gasteiger partial charge is 0.311 e. The topological polar surface area (TPSA) is 58.6 Å². The fraction of sp³-hybridized carbons (Fsp3) is 0.818. The molecule has 1 rings (SSSR count). The highest BCUT2D eigenvalue weighted by atomic mass is 16.5. The van der Waals surface area contributed by atoms with Crippen LogP contribution in [0.5, 0.6) is 0 Å². The molecule has 1 unspecified atom stereocenters. The van der Waals surface area contributed by atoms with E-state index in [2.05, 4.69) is 5.32 Å². The molecule has 92 valence electrons. The van der Waals surface area contributed by atoms with Gasteiger partial charge in [-0.25, -0.2) is 0 Å². The molecule has 1 heterocycles. The predicted octanol–water partition coefficient (Wildman–Crippen LogP) is 0.00750. The number of hydrogen-bond acceptors (Lipinski definition) is 4. The van der Waals surface area contributed by atoms with Gasteiger partial charge in [0.15, 0.2) is 0 Å². The van der Waals surface area contributed by atoms with E-state index in [0.717, 1.165) is 19.5 Å². The van der Waals surface area contributed by atoms with E-state index < -0.39 is 0 Å². The average Bonchev–Trinajstić information content (AvgIpc) is 2.61. The van der Waals surface area contributed by atoms with Crippen molar-refractivity contribution < 1.29 is 14.3 Å². The van der Waals surface area contributed by atoms with Crippen LogP contribution in [-0.4, -0.2) is 50.1 Å². The highest BCUT2D eigenvalue weighted by Crippen LogP contribution is 2.19. The maximum Gasteiger partial charge on any atom is 0.311 e. The molecule has 1 aliphatic rings. The first-order chi connectivity index (χ1) is 7.69. The van der Waals surface area contributed by atoms with E-state index in [0.29, 0.717) is 19.6 Å². The van der Waals surface area contributed by atoms with Crippen LogP contribution >= 0.6 is 0 Å². The Hall–Kier alpha value is -1.10.